The molecule has 0 aliphatic carbocycles. The van der Waals surface area contributed by atoms with Gasteiger partial charge in [0.15, 0.2) is 0 Å². The molecule has 0 atom stereocenters. The third-order valence-electron chi connectivity index (χ3n) is 4.75. The molecule has 0 heterocycles. The fraction of sp³-hybridized carbons (Fsp3) is 0.818. The van der Waals surface area contributed by atoms with Gasteiger partial charge in [0.05, 0.1) is 36.9 Å². The number of carbonyl (C=O) groups excluding carboxylic acids is 4. The lowest BCUT2D eigenvalue weighted by atomic mass is 9.81. The Kier molecular flexibility index (Phi) is 8.93. The predicted octanol–water partition coefficient (Wildman–Crippen LogP) is 4.14. The first-order chi connectivity index (χ1) is 12.3. The van der Waals surface area contributed by atoms with Crippen molar-refractivity contribution in [1.29, 1.82) is 0 Å². The Morgan fingerprint density at radius 1 is 0.500 bits per heavy atom. The summed E-state index contributed by atoms with van der Waals surface area (Å²) in [6.07, 6.45) is -0.308. The standard InChI is InChI=1S/C22H38O6/c1-19(2,3)15(23)11-17(25)21(7,8)13-27-28-14-22(9,10)18(26)12-16(24)20(4,5)6/h11-14H2,1-10H3. The monoisotopic (exact) mass is 398 g/mol. The van der Waals surface area contributed by atoms with Crippen LogP contribution in [0.3, 0.4) is 0 Å². The van der Waals surface area contributed by atoms with Gasteiger partial charge in [-0.25, -0.2) is 9.78 Å². The largest absolute Gasteiger partial charge is 0.299 e. The van der Waals surface area contributed by atoms with Crippen molar-refractivity contribution in [2.24, 2.45) is 21.7 Å². The van der Waals surface area contributed by atoms with E-state index in [0.717, 1.165) is 0 Å². The van der Waals surface area contributed by atoms with Gasteiger partial charge in [0.1, 0.15) is 23.1 Å². The average molecular weight is 399 g/mol. The quantitative estimate of drug-likeness (QED) is 0.225. The van der Waals surface area contributed by atoms with E-state index in [2.05, 4.69) is 0 Å². The van der Waals surface area contributed by atoms with Crippen LogP contribution in [0.4, 0.5) is 0 Å². The summed E-state index contributed by atoms with van der Waals surface area (Å²) in [5, 5.41) is 0. The lowest BCUT2D eigenvalue weighted by molar-refractivity contribution is -0.315. The van der Waals surface area contributed by atoms with Crippen LogP contribution in [0.15, 0.2) is 0 Å². The summed E-state index contributed by atoms with van der Waals surface area (Å²) in [5.74, 6) is -0.687. The second-order valence-corrected chi connectivity index (χ2v) is 10.8. The number of hydrogen-bond donors (Lipinski definition) is 0. The SMILES string of the molecule is CC(C)(C)C(=O)CC(=O)C(C)(C)COOCC(C)(C)C(=O)CC(=O)C(C)(C)C. The number of rotatable bonds is 11. The van der Waals surface area contributed by atoms with E-state index in [1.54, 1.807) is 69.2 Å². The topological polar surface area (TPSA) is 86.7 Å². The maximum atomic E-state index is 12.4. The van der Waals surface area contributed by atoms with Gasteiger partial charge >= 0.3 is 0 Å². The molecule has 0 aromatic heterocycles. The van der Waals surface area contributed by atoms with Crippen LogP contribution >= 0.6 is 0 Å². The summed E-state index contributed by atoms with van der Waals surface area (Å²) in [6.45, 7) is 17.3. The van der Waals surface area contributed by atoms with Crippen LogP contribution < -0.4 is 0 Å². The van der Waals surface area contributed by atoms with Gasteiger partial charge in [-0.1, -0.05) is 69.2 Å². The zero-order valence-electron chi connectivity index (χ0n) is 19.3. The molecular formula is C22H38O6. The molecule has 0 saturated carbocycles. The van der Waals surface area contributed by atoms with E-state index in [-0.39, 0.29) is 49.2 Å². The van der Waals surface area contributed by atoms with Gasteiger partial charge in [-0.15, -0.1) is 0 Å². The molecule has 28 heavy (non-hydrogen) atoms. The molecule has 0 aliphatic rings. The van der Waals surface area contributed by atoms with Gasteiger partial charge in [0, 0.05) is 10.8 Å². The highest BCUT2D eigenvalue weighted by atomic mass is 17.2. The second-order valence-electron chi connectivity index (χ2n) is 10.8. The third-order valence-corrected chi connectivity index (χ3v) is 4.75. The Morgan fingerprint density at radius 3 is 0.964 bits per heavy atom. The summed E-state index contributed by atoms with van der Waals surface area (Å²) in [5.41, 5.74) is -2.93. The highest BCUT2D eigenvalue weighted by molar-refractivity contribution is 6.04. The van der Waals surface area contributed by atoms with Crippen molar-refractivity contribution in [3.05, 3.63) is 0 Å². The Morgan fingerprint density at radius 2 is 0.750 bits per heavy atom. The molecule has 6 nitrogen and oxygen atoms in total. The van der Waals surface area contributed by atoms with Crippen LogP contribution in [-0.4, -0.2) is 36.3 Å². The molecule has 0 N–H and O–H groups in total. The van der Waals surface area contributed by atoms with Gasteiger partial charge in [-0.2, -0.15) is 0 Å². The van der Waals surface area contributed by atoms with Gasteiger partial charge < -0.3 is 0 Å². The van der Waals surface area contributed by atoms with Crippen LogP contribution in [0.25, 0.3) is 0 Å². The highest BCUT2D eigenvalue weighted by Crippen LogP contribution is 2.26. The molecular weight excluding hydrogens is 360 g/mol. The van der Waals surface area contributed by atoms with Crippen LogP contribution in [-0.2, 0) is 29.0 Å². The molecule has 6 heteroatoms. The van der Waals surface area contributed by atoms with Crippen molar-refractivity contribution in [1.82, 2.24) is 0 Å². The van der Waals surface area contributed by atoms with Crippen molar-refractivity contribution in [2.45, 2.75) is 82.1 Å². The van der Waals surface area contributed by atoms with Gasteiger partial charge in [0.25, 0.3) is 0 Å². The van der Waals surface area contributed by atoms with E-state index >= 15 is 0 Å². The molecule has 0 radical (unpaired) electrons. The summed E-state index contributed by atoms with van der Waals surface area (Å²) in [7, 11) is 0. The predicted molar refractivity (Wildman–Crippen MR) is 108 cm³/mol. The van der Waals surface area contributed by atoms with Crippen molar-refractivity contribution in [3.8, 4) is 0 Å². The number of hydrogen-bond acceptors (Lipinski definition) is 6. The molecule has 0 fully saturated rings. The molecule has 0 spiro atoms. The lowest BCUT2D eigenvalue weighted by Gasteiger charge is -2.26. The Labute approximate surface area is 169 Å². The fourth-order valence-electron chi connectivity index (χ4n) is 1.84. The molecule has 0 aromatic carbocycles. The first-order valence-electron chi connectivity index (χ1n) is 9.68. The normalized spacial score (nSPS) is 13.4. The summed E-state index contributed by atoms with van der Waals surface area (Å²) < 4.78 is 0. The second kappa shape index (κ2) is 9.40. The number of carbonyl (C=O) groups is 4. The Hall–Kier alpha value is -1.40. The zero-order chi connectivity index (χ0) is 22.6. The summed E-state index contributed by atoms with van der Waals surface area (Å²) in [6, 6.07) is 0. The zero-order valence-corrected chi connectivity index (χ0v) is 19.3. The molecule has 0 rings (SSSR count). The first kappa shape index (κ1) is 26.6. The Balaban J connectivity index is 4.59. The van der Waals surface area contributed by atoms with Crippen molar-refractivity contribution in [3.63, 3.8) is 0 Å². The first-order valence-corrected chi connectivity index (χ1v) is 9.68. The average Bonchev–Trinajstić information content (AvgIpc) is 2.49. The molecule has 0 amide bonds. The highest BCUT2D eigenvalue weighted by Gasteiger charge is 2.35. The molecule has 0 aromatic rings. The van der Waals surface area contributed by atoms with Crippen molar-refractivity contribution < 1.29 is 29.0 Å². The van der Waals surface area contributed by atoms with E-state index in [1.165, 1.54) is 0 Å². The minimum atomic E-state index is -0.892. The fourth-order valence-corrected chi connectivity index (χ4v) is 1.84. The number of ketones is 4. The molecule has 0 bridgehead atoms. The van der Waals surface area contributed by atoms with E-state index in [4.69, 9.17) is 9.78 Å². The maximum Gasteiger partial charge on any atom is 0.148 e. The van der Waals surface area contributed by atoms with Crippen LogP contribution in [0.5, 0.6) is 0 Å². The minimum absolute atomic E-state index is 0.0333. The van der Waals surface area contributed by atoms with Crippen molar-refractivity contribution in [2.75, 3.05) is 13.2 Å². The smallest absolute Gasteiger partial charge is 0.148 e. The molecule has 0 aliphatic heterocycles. The molecule has 162 valence electrons. The summed E-state index contributed by atoms with van der Waals surface area (Å²) in [4.78, 5) is 59.2. The van der Waals surface area contributed by atoms with Gasteiger partial charge in [0.2, 0.25) is 0 Å². The van der Waals surface area contributed by atoms with E-state index in [0.29, 0.717) is 0 Å². The minimum Gasteiger partial charge on any atom is -0.299 e. The van der Waals surface area contributed by atoms with E-state index in [1.807, 2.05) is 0 Å². The summed E-state index contributed by atoms with van der Waals surface area (Å²) >= 11 is 0. The van der Waals surface area contributed by atoms with Gasteiger partial charge in [-0.3, -0.25) is 19.2 Å². The van der Waals surface area contributed by atoms with Gasteiger partial charge in [-0.05, 0) is 0 Å². The maximum absolute atomic E-state index is 12.4. The van der Waals surface area contributed by atoms with Crippen molar-refractivity contribution >= 4 is 23.1 Å². The molecule has 0 saturated heterocycles. The van der Waals surface area contributed by atoms with Crippen LogP contribution in [0.2, 0.25) is 0 Å². The van der Waals surface area contributed by atoms with E-state index in [9.17, 15) is 19.2 Å². The van der Waals surface area contributed by atoms with Crippen LogP contribution in [0.1, 0.15) is 82.1 Å². The van der Waals surface area contributed by atoms with E-state index < -0.39 is 21.7 Å². The van der Waals surface area contributed by atoms with Crippen LogP contribution in [0, 0.1) is 21.7 Å². The number of Topliss-reactive ketones (excluding diaryl/α,β-unsaturated/α-hetero) is 4. The molecule has 0 unspecified atom stereocenters. The Bertz CT molecular complexity index is 545. The third kappa shape index (κ3) is 8.74. The lowest BCUT2D eigenvalue weighted by Crippen LogP contribution is -2.36.